The molecule has 2 heterocycles. The van der Waals surface area contributed by atoms with Crippen LogP contribution in [0.25, 0.3) is 0 Å². The van der Waals surface area contributed by atoms with Crippen molar-refractivity contribution in [2.75, 3.05) is 18.2 Å². The summed E-state index contributed by atoms with van der Waals surface area (Å²) < 4.78 is 5.55. The first kappa shape index (κ1) is 18.8. The number of benzene rings is 1. The Hall–Kier alpha value is -2.54. The molecular formula is C21H23N3O3S. The highest BCUT2D eigenvalue weighted by Crippen LogP contribution is 2.45. The highest BCUT2D eigenvalue weighted by Gasteiger charge is 2.38. The summed E-state index contributed by atoms with van der Waals surface area (Å²) in [7, 11) is 1.60. The maximum absolute atomic E-state index is 13.1. The summed E-state index contributed by atoms with van der Waals surface area (Å²) in [5.41, 5.74) is 2.64. The van der Waals surface area contributed by atoms with Crippen molar-refractivity contribution < 1.29 is 9.53 Å². The van der Waals surface area contributed by atoms with Gasteiger partial charge in [0, 0.05) is 29.0 Å². The number of Topliss-reactive ketones (excluding diaryl/α,β-unsaturated/α-hetero) is 1. The Morgan fingerprint density at radius 2 is 2.07 bits per heavy atom. The van der Waals surface area contributed by atoms with E-state index in [0.717, 1.165) is 36.3 Å². The van der Waals surface area contributed by atoms with Crippen LogP contribution in [0.15, 0.2) is 45.5 Å². The molecular weight excluding hydrogens is 374 g/mol. The van der Waals surface area contributed by atoms with E-state index >= 15 is 0 Å². The molecule has 0 radical (unpaired) electrons. The lowest BCUT2D eigenvalue weighted by atomic mass is 9.76. The predicted molar refractivity (Wildman–Crippen MR) is 110 cm³/mol. The molecule has 2 aromatic rings. The van der Waals surface area contributed by atoms with Crippen molar-refractivity contribution in [1.29, 1.82) is 0 Å². The van der Waals surface area contributed by atoms with Gasteiger partial charge < -0.3 is 15.0 Å². The average Bonchev–Trinajstić information content (AvgIpc) is 2.71. The van der Waals surface area contributed by atoms with Crippen molar-refractivity contribution >= 4 is 23.4 Å². The van der Waals surface area contributed by atoms with Crippen molar-refractivity contribution in [3.8, 4) is 5.75 Å². The fraction of sp³-hybridized carbons (Fsp3) is 0.381. The number of carbonyl (C=O) groups is 1. The van der Waals surface area contributed by atoms with Crippen LogP contribution in [0.1, 0.15) is 49.7 Å². The summed E-state index contributed by atoms with van der Waals surface area (Å²) in [5, 5.41) is 3.90. The normalized spacial score (nSPS) is 18.4. The molecule has 7 heteroatoms. The molecule has 2 aliphatic rings. The van der Waals surface area contributed by atoms with E-state index in [1.807, 2.05) is 24.3 Å². The van der Waals surface area contributed by atoms with Gasteiger partial charge >= 0.3 is 0 Å². The van der Waals surface area contributed by atoms with Gasteiger partial charge in [0.15, 0.2) is 10.9 Å². The molecule has 0 saturated heterocycles. The Kier molecular flexibility index (Phi) is 5.26. The first-order valence-corrected chi connectivity index (χ1v) is 10.6. The molecule has 1 atom stereocenters. The van der Waals surface area contributed by atoms with Crippen LogP contribution in [0, 0.1) is 0 Å². The number of carbonyl (C=O) groups excluding carboxylic acids is 1. The molecule has 2 N–H and O–H groups in total. The van der Waals surface area contributed by atoms with Crippen molar-refractivity contribution in [3.63, 3.8) is 0 Å². The minimum absolute atomic E-state index is 0.0825. The lowest BCUT2D eigenvalue weighted by Crippen LogP contribution is -2.32. The van der Waals surface area contributed by atoms with Gasteiger partial charge in [-0.05, 0) is 25.3 Å². The van der Waals surface area contributed by atoms with Gasteiger partial charge in [-0.3, -0.25) is 9.59 Å². The zero-order valence-corrected chi connectivity index (χ0v) is 16.8. The Bertz CT molecular complexity index is 1010. The number of para-hydroxylation sites is 1. The number of hydrogen-bond donors (Lipinski definition) is 2. The number of ether oxygens (including phenoxy) is 1. The van der Waals surface area contributed by atoms with E-state index in [4.69, 9.17) is 4.74 Å². The Labute approximate surface area is 167 Å². The highest BCUT2D eigenvalue weighted by atomic mass is 32.2. The number of allylic oxidation sites excluding steroid dienone is 2. The highest BCUT2D eigenvalue weighted by molar-refractivity contribution is 7.99. The molecule has 4 rings (SSSR count). The van der Waals surface area contributed by atoms with Gasteiger partial charge in [0.1, 0.15) is 11.6 Å². The molecule has 0 spiro atoms. The third kappa shape index (κ3) is 3.24. The molecule has 1 aliphatic carbocycles. The van der Waals surface area contributed by atoms with Crippen molar-refractivity contribution in [1.82, 2.24) is 9.97 Å². The number of thioether (sulfide) groups is 1. The SMILES string of the molecule is CCCSc1nc2c(c(=O)[nH]1)C(c1ccccc1OC)C1=C(CCCC1=O)N2. The number of rotatable bonds is 5. The number of methoxy groups -OCH3 is 1. The molecule has 1 aromatic carbocycles. The average molecular weight is 398 g/mol. The van der Waals surface area contributed by atoms with Gasteiger partial charge in [-0.25, -0.2) is 4.98 Å². The third-order valence-corrected chi connectivity index (χ3v) is 6.21. The van der Waals surface area contributed by atoms with Gasteiger partial charge in [-0.1, -0.05) is 36.9 Å². The van der Waals surface area contributed by atoms with E-state index in [9.17, 15) is 9.59 Å². The van der Waals surface area contributed by atoms with Crippen LogP contribution in [0.2, 0.25) is 0 Å². The summed E-state index contributed by atoms with van der Waals surface area (Å²) >= 11 is 1.53. The lowest BCUT2D eigenvalue weighted by molar-refractivity contribution is -0.116. The number of H-pyrrole nitrogens is 1. The van der Waals surface area contributed by atoms with Crippen molar-refractivity contribution in [3.05, 3.63) is 57.0 Å². The number of nitrogens with zero attached hydrogens (tertiary/aromatic N) is 1. The van der Waals surface area contributed by atoms with Gasteiger partial charge in [0.05, 0.1) is 18.6 Å². The fourth-order valence-electron chi connectivity index (χ4n) is 3.92. The Balaban J connectivity index is 1.93. The van der Waals surface area contributed by atoms with Crippen LogP contribution in [0.3, 0.4) is 0 Å². The molecule has 0 bridgehead atoms. The van der Waals surface area contributed by atoms with E-state index in [1.165, 1.54) is 11.8 Å². The van der Waals surface area contributed by atoms with E-state index in [1.54, 1.807) is 7.11 Å². The standard InChI is InChI=1S/C21H23N3O3S/c1-3-11-28-21-23-19-18(20(26)24-21)16(12-7-4-5-10-15(12)27-2)17-13(22-19)8-6-9-14(17)25/h4-5,7,10,16H,3,6,8-9,11H2,1-2H3,(H2,22,23,24,26). The monoisotopic (exact) mass is 397 g/mol. The number of ketones is 1. The second-order valence-electron chi connectivity index (χ2n) is 6.95. The van der Waals surface area contributed by atoms with E-state index < -0.39 is 5.92 Å². The maximum atomic E-state index is 13.1. The summed E-state index contributed by atoms with van der Waals surface area (Å²) in [6, 6.07) is 7.57. The minimum Gasteiger partial charge on any atom is -0.496 e. The topological polar surface area (TPSA) is 84.1 Å². The fourth-order valence-corrected chi connectivity index (χ4v) is 4.64. The van der Waals surface area contributed by atoms with Crippen LogP contribution in [0.4, 0.5) is 5.82 Å². The van der Waals surface area contributed by atoms with Crippen LogP contribution >= 0.6 is 11.8 Å². The smallest absolute Gasteiger partial charge is 0.257 e. The van der Waals surface area contributed by atoms with Crippen LogP contribution in [0.5, 0.6) is 5.75 Å². The largest absolute Gasteiger partial charge is 0.496 e. The number of fused-ring (bicyclic) bond motifs is 1. The second kappa shape index (κ2) is 7.83. The van der Waals surface area contributed by atoms with Gasteiger partial charge in [-0.2, -0.15) is 0 Å². The van der Waals surface area contributed by atoms with Crippen LogP contribution < -0.4 is 15.6 Å². The van der Waals surface area contributed by atoms with Crippen molar-refractivity contribution in [2.24, 2.45) is 0 Å². The third-order valence-electron chi connectivity index (χ3n) is 5.13. The Morgan fingerprint density at radius 1 is 1.25 bits per heavy atom. The zero-order valence-electron chi connectivity index (χ0n) is 16.0. The second-order valence-corrected chi connectivity index (χ2v) is 8.03. The molecule has 1 aromatic heterocycles. The summed E-state index contributed by atoms with van der Waals surface area (Å²) in [6.45, 7) is 2.09. The molecule has 28 heavy (non-hydrogen) atoms. The summed E-state index contributed by atoms with van der Waals surface area (Å²) in [4.78, 5) is 33.5. The maximum Gasteiger partial charge on any atom is 0.257 e. The molecule has 0 amide bonds. The van der Waals surface area contributed by atoms with Gasteiger partial charge in [0.25, 0.3) is 5.56 Å². The van der Waals surface area contributed by atoms with E-state index in [0.29, 0.717) is 34.3 Å². The van der Waals surface area contributed by atoms with E-state index in [-0.39, 0.29) is 11.3 Å². The molecule has 0 saturated carbocycles. The van der Waals surface area contributed by atoms with Gasteiger partial charge in [0.2, 0.25) is 0 Å². The first-order valence-electron chi connectivity index (χ1n) is 9.57. The summed E-state index contributed by atoms with van der Waals surface area (Å²) in [5.74, 6) is 1.70. The zero-order chi connectivity index (χ0) is 19.7. The number of nitrogens with one attached hydrogen (secondary N) is 2. The molecule has 146 valence electrons. The number of hydrogen-bond acceptors (Lipinski definition) is 6. The molecule has 1 aliphatic heterocycles. The number of aromatic amines is 1. The number of anilines is 1. The summed E-state index contributed by atoms with van der Waals surface area (Å²) in [6.07, 6.45) is 3.07. The molecule has 1 unspecified atom stereocenters. The van der Waals surface area contributed by atoms with E-state index in [2.05, 4.69) is 22.2 Å². The predicted octanol–water partition coefficient (Wildman–Crippen LogP) is 3.85. The molecule has 0 fully saturated rings. The Morgan fingerprint density at radius 3 is 2.86 bits per heavy atom. The lowest BCUT2D eigenvalue weighted by Gasteiger charge is -2.33. The van der Waals surface area contributed by atoms with Crippen molar-refractivity contribution in [2.45, 2.75) is 43.7 Å². The molecule has 6 nitrogen and oxygen atoms in total. The number of aromatic nitrogens is 2. The first-order chi connectivity index (χ1) is 13.6. The minimum atomic E-state index is -0.475. The quantitative estimate of drug-likeness (QED) is 0.589. The van der Waals surface area contributed by atoms with Crippen LogP contribution in [-0.2, 0) is 4.79 Å². The van der Waals surface area contributed by atoms with Gasteiger partial charge in [-0.15, -0.1) is 0 Å². The van der Waals surface area contributed by atoms with Crippen LogP contribution in [-0.4, -0.2) is 28.6 Å².